The van der Waals surface area contributed by atoms with E-state index in [1.54, 1.807) is 36.0 Å². The van der Waals surface area contributed by atoms with E-state index in [0.29, 0.717) is 17.8 Å². The number of carbonyl (C=O) groups excluding carboxylic acids is 2. The lowest BCUT2D eigenvalue weighted by Gasteiger charge is -2.07. The number of hydrogen-bond acceptors (Lipinski definition) is 3. The molecule has 126 valence electrons. The van der Waals surface area contributed by atoms with Crippen molar-refractivity contribution in [3.05, 3.63) is 65.2 Å². The van der Waals surface area contributed by atoms with E-state index in [9.17, 15) is 9.59 Å². The molecule has 2 aromatic carbocycles. The van der Waals surface area contributed by atoms with Gasteiger partial charge in [0.2, 0.25) is 0 Å². The minimum atomic E-state index is -0.653. The van der Waals surface area contributed by atoms with Crippen LogP contribution in [0.1, 0.15) is 21.5 Å². The molecule has 5 nitrogen and oxygen atoms in total. The van der Waals surface area contributed by atoms with Crippen LogP contribution in [0, 0.1) is 6.92 Å². The molecule has 0 saturated heterocycles. The van der Waals surface area contributed by atoms with E-state index in [0.717, 1.165) is 11.5 Å². The summed E-state index contributed by atoms with van der Waals surface area (Å²) >= 11 is 1.77. The molecule has 2 aromatic rings. The summed E-state index contributed by atoms with van der Waals surface area (Å²) in [6.07, 6.45) is 0. The third kappa shape index (κ3) is 5.96. The van der Waals surface area contributed by atoms with Crippen LogP contribution < -0.4 is 16.4 Å². The number of amides is 3. The van der Waals surface area contributed by atoms with E-state index in [1.807, 2.05) is 0 Å². The minimum Gasteiger partial charge on any atom is -0.351 e. The van der Waals surface area contributed by atoms with Gasteiger partial charge < -0.3 is 16.4 Å². The second-order valence-corrected chi connectivity index (χ2v) is 6.47. The van der Waals surface area contributed by atoms with Gasteiger partial charge in [-0.25, -0.2) is 4.79 Å². The molecule has 4 N–H and O–H groups in total. The van der Waals surface area contributed by atoms with Crippen LogP contribution in [0.5, 0.6) is 0 Å². The average Bonchev–Trinajstić information content (AvgIpc) is 2.55. The number of nitrogens with one attached hydrogen (secondary N) is 2. The molecule has 0 unspecified atom stereocenters. The molecule has 0 aromatic heterocycles. The Morgan fingerprint density at radius 2 is 1.88 bits per heavy atom. The fourth-order valence-corrected chi connectivity index (χ4v) is 2.91. The van der Waals surface area contributed by atoms with Gasteiger partial charge >= 0.3 is 6.03 Å². The van der Waals surface area contributed by atoms with Crippen molar-refractivity contribution in [1.82, 2.24) is 5.32 Å². The number of primary amides is 1. The number of urea groups is 1. The van der Waals surface area contributed by atoms with Crippen LogP contribution in [0.4, 0.5) is 10.5 Å². The molecular weight excluding hydrogens is 322 g/mol. The topological polar surface area (TPSA) is 84.2 Å². The molecule has 2 rings (SSSR count). The summed E-state index contributed by atoms with van der Waals surface area (Å²) in [5, 5.41) is 5.32. The standard InChI is InChI=1S/C18H21N3O2S/c1-13-5-7-14(8-6-13)12-24-10-9-20-17(22)15-3-2-4-16(11-15)21-18(19)23/h2-8,11H,9-10,12H2,1H3,(H,20,22)(H3,19,21,23). The Hall–Kier alpha value is -2.47. The maximum absolute atomic E-state index is 12.1. The number of anilines is 1. The van der Waals surface area contributed by atoms with Crippen molar-refractivity contribution in [2.75, 3.05) is 17.6 Å². The smallest absolute Gasteiger partial charge is 0.316 e. The average molecular weight is 343 g/mol. The third-order valence-corrected chi connectivity index (χ3v) is 4.34. The van der Waals surface area contributed by atoms with Crippen molar-refractivity contribution in [3.8, 4) is 0 Å². The normalized spacial score (nSPS) is 10.2. The van der Waals surface area contributed by atoms with E-state index in [4.69, 9.17) is 5.73 Å². The van der Waals surface area contributed by atoms with Crippen LogP contribution in [0.2, 0.25) is 0 Å². The predicted octanol–water partition coefficient (Wildman–Crippen LogP) is 3.15. The second-order valence-electron chi connectivity index (χ2n) is 5.36. The van der Waals surface area contributed by atoms with Gasteiger partial charge in [0.1, 0.15) is 0 Å². The first kappa shape index (κ1) is 17.9. The molecule has 0 saturated carbocycles. The van der Waals surface area contributed by atoms with Crippen LogP contribution >= 0.6 is 11.8 Å². The molecule has 0 heterocycles. The van der Waals surface area contributed by atoms with Gasteiger partial charge in [-0.1, -0.05) is 35.9 Å². The largest absolute Gasteiger partial charge is 0.351 e. The van der Waals surface area contributed by atoms with Crippen LogP contribution in [0.25, 0.3) is 0 Å². The zero-order valence-electron chi connectivity index (χ0n) is 13.5. The highest BCUT2D eigenvalue weighted by Gasteiger charge is 2.06. The van der Waals surface area contributed by atoms with E-state index in [-0.39, 0.29) is 5.91 Å². The summed E-state index contributed by atoms with van der Waals surface area (Å²) in [6, 6.07) is 14.5. The lowest BCUT2D eigenvalue weighted by molar-refractivity contribution is 0.0956. The second kappa shape index (κ2) is 8.98. The van der Waals surface area contributed by atoms with Crippen molar-refractivity contribution in [1.29, 1.82) is 0 Å². The minimum absolute atomic E-state index is 0.168. The van der Waals surface area contributed by atoms with Crippen molar-refractivity contribution in [2.24, 2.45) is 5.73 Å². The SMILES string of the molecule is Cc1ccc(CSCCNC(=O)c2cccc(NC(N)=O)c2)cc1. The van der Waals surface area contributed by atoms with Crippen LogP contribution in [0.15, 0.2) is 48.5 Å². The lowest BCUT2D eigenvalue weighted by Crippen LogP contribution is -2.26. The van der Waals surface area contributed by atoms with Gasteiger partial charge in [-0.05, 0) is 30.7 Å². The fourth-order valence-electron chi connectivity index (χ4n) is 2.09. The number of rotatable bonds is 7. The van der Waals surface area contributed by atoms with Crippen molar-refractivity contribution in [2.45, 2.75) is 12.7 Å². The van der Waals surface area contributed by atoms with Crippen molar-refractivity contribution >= 4 is 29.4 Å². The summed E-state index contributed by atoms with van der Waals surface area (Å²) < 4.78 is 0. The van der Waals surface area contributed by atoms with Gasteiger partial charge in [0.15, 0.2) is 0 Å². The quantitative estimate of drug-likeness (QED) is 0.675. The third-order valence-electron chi connectivity index (χ3n) is 3.31. The van der Waals surface area contributed by atoms with Gasteiger partial charge in [-0.2, -0.15) is 11.8 Å². The molecule has 6 heteroatoms. The van der Waals surface area contributed by atoms with Gasteiger partial charge in [0.05, 0.1) is 0 Å². The monoisotopic (exact) mass is 343 g/mol. The molecule has 0 aliphatic heterocycles. The Bertz CT molecular complexity index is 702. The number of nitrogens with two attached hydrogens (primary N) is 1. The molecule has 0 spiro atoms. The summed E-state index contributed by atoms with van der Waals surface area (Å²) in [6.45, 7) is 2.66. The number of hydrogen-bond donors (Lipinski definition) is 3. The molecule has 0 radical (unpaired) electrons. The molecule has 0 aliphatic rings. The van der Waals surface area contributed by atoms with E-state index >= 15 is 0 Å². The number of thioether (sulfide) groups is 1. The molecule has 0 aliphatic carbocycles. The number of aryl methyl sites for hydroxylation is 1. The van der Waals surface area contributed by atoms with Gasteiger partial charge in [-0.3, -0.25) is 4.79 Å². The van der Waals surface area contributed by atoms with E-state index in [1.165, 1.54) is 11.1 Å². The fraction of sp³-hybridized carbons (Fsp3) is 0.222. The zero-order valence-corrected chi connectivity index (χ0v) is 14.4. The Balaban J connectivity index is 1.73. The van der Waals surface area contributed by atoms with Gasteiger partial charge in [0, 0.05) is 29.3 Å². The zero-order chi connectivity index (χ0) is 17.4. The lowest BCUT2D eigenvalue weighted by atomic mass is 10.2. The van der Waals surface area contributed by atoms with Crippen LogP contribution in [-0.2, 0) is 5.75 Å². The molecule has 24 heavy (non-hydrogen) atoms. The molecule has 0 bridgehead atoms. The first-order valence-corrected chi connectivity index (χ1v) is 8.78. The summed E-state index contributed by atoms with van der Waals surface area (Å²) in [7, 11) is 0. The molecule has 0 fully saturated rings. The Morgan fingerprint density at radius 1 is 1.12 bits per heavy atom. The maximum Gasteiger partial charge on any atom is 0.316 e. The van der Waals surface area contributed by atoms with Gasteiger partial charge in [0.25, 0.3) is 5.91 Å². The summed E-state index contributed by atoms with van der Waals surface area (Å²) in [5.74, 6) is 1.59. The Kier molecular flexibility index (Phi) is 6.69. The highest BCUT2D eigenvalue weighted by atomic mass is 32.2. The first-order chi connectivity index (χ1) is 11.5. The van der Waals surface area contributed by atoms with Crippen molar-refractivity contribution < 1.29 is 9.59 Å². The highest BCUT2D eigenvalue weighted by Crippen LogP contribution is 2.13. The molecular formula is C18H21N3O2S. The predicted molar refractivity (Wildman–Crippen MR) is 99.3 cm³/mol. The van der Waals surface area contributed by atoms with Crippen LogP contribution in [0.3, 0.4) is 0 Å². The summed E-state index contributed by atoms with van der Waals surface area (Å²) in [4.78, 5) is 22.9. The number of benzene rings is 2. The van der Waals surface area contributed by atoms with Crippen molar-refractivity contribution in [3.63, 3.8) is 0 Å². The maximum atomic E-state index is 12.1. The first-order valence-electron chi connectivity index (χ1n) is 7.62. The van der Waals surface area contributed by atoms with E-state index in [2.05, 4.69) is 41.8 Å². The molecule has 3 amide bonds. The van der Waals surface area contributed by atoms with Crippen LogP contribution in [-0.4, -0.2) is 24.2 Å². The summed E-state index contributed by atoms with van der Waals surface area (Å²) in [5.41, 5.74) is 8.59. The van der Waals surface area contributed by atoms with Gasteiger partial charge in [-0.15, -0.1) is 0 Å². The molecule has 0 atom stereocenters. The Morgan fingerprint density at radius 3 is 2.58 bits per heavy atom. The number of carbonyl (C=O) groups is 2. The van der Waals surface area contributed by atoms with E-state index < -0.39 is 6.03 Å². The highest BCUT2D eigenvalue weighted by molar-refractivity contribution is 7.98. The Labute approximate surface area is 146 Å².